The molecule has 2 rings (SSSR count). The monoisotopic (exact) mass is 235 g/mol. The molecule has 1 saturated carbocycles. The number of aromatic nitrogens is 1. The van der Waals surface area contributed by atoms with Gasteiger partial charge < -0.3 is 5.32 Å². The van der Waals surface area contributed by atoms with E-state index in [0.29, 0.717) is 10.3 Å². The highest BCUT2D eigenvalue weighted by atomic mass is 32.1. The lowest BCUT2D eigenvalue weighted by Crippen LogP contribution is -2.35. The molecule has 1 aromatic rings. The number of rotatable bonds is 4. The zero-order valence-corrected chi connectivity index (χ0v) is 10.6. The molecular formula is C12H17N3S. The quantitative estimate of drug-likeness (QED) is 0.871. The van der Waals surface area contributed by atoms with E-state index < -0.39 is 0 Å². The van der Waals surface area contributed by atoms with Gasteiger partial charge in [0, 0.05) is 6.54 Å². The Morgan fingerprint density at radius 2 is 2.38 bits per heavy atom. The third kappa shape index (κ3) is 2.35. The summed E-state index contributed by atoms with van der Waals surface area (Å²) in [5, 5.41) is 12.9. The topological polar surface area (TPSA) is 48.7 Å². The van der Waals surface area contributed by atoms with Gasteiger partial charge in [-0.15, -0.1) is 0 Å². The van der Waals surface area contributed by atoms with Crippen molar-refractivity contribution in [2.75, 3.05) is 11.9 Å². The second-order valence-electron chi connectivity index (χ2n) is 5.11. The first-order chi connectivity index (χ1) is 7.62. The average molecular weight is 235 g/mol. The predicted octanol–water partition coefficient (Wildman–Crippen LogP) is 3.25. The molecule has 4 heteroatoms. The van der Waals surface area contributed by atoms with Crippen LogP contribution in [0.15, 0.2) is 6.20 Å². The Bertz CT molecular complexity index is 399. The fraction of sp³-hybridized carbons (Fsp3) is 0.667. The first kappa shape index (κ1) is 11.4. The van der Waals surface area contributed by atoms with Crippen molar-refractivity contribution in [1.82, 2.24) is 4.98 Å². The number of nitriles is 1. The van der Waals surface area contributed by atoms with Crippen LogP contribution < -0.4 is 5.32 Å². The maximum atomic E-state index is 8.71. The van der Waals surface area contributed by atoms with Crippen molar-refractivity contribution in [2.24, 2.45) is 11.3 Å². The van der Waals surface area contributed by atoms with Gasteiger partial charge in [0.2, 0.25) is 0 Å². The van der Waals surface area contributed by atoms with Gasteiger partial charge in [-0.1, -0.05) is 31.6 Å². The highest BCUT2D eigenvalue weighted by Crippen LogP contribution is 2.41. The van der Waals surface area contributed by atoms with Gasteiger partial charge in [0.1, 0.15) is 10.9 Å². The van der Waals surface area contributed by atoms with Crippen LogP contribution in [0.25, 0.3) is 0 Å². The summed E-state index contributed by atoms with van der Waals surface area (Å²) in [5.74, 6) is 0.843. The predicted molar refractivity (Wildman–Crippen MR) is 66.4 cm³/mol. The first-order valence-corrected chi connectivity index (χ1v) is 6.53. The summed E-state index contributed by atoms with van der Waals surface area (Å²) in [6.45, 7) is 5.56. The van der Waals surface area contributed by atoms with Crippen LogP contribution in [0.1, 0.15) is 38.0 Å². The van der Waals surface area contributed by atoms with Gasteiger partial charge in [0.25, 0.3) is 0 Å². The fourth-order valence-electron chi connectivity index (χ4n) is 2.05. The maximum absolute atomic E-state index is 8.71. The lowest BCUT2D eigenvalue weighted by Gasteiger charge is -2.40. The molecule has 1 aliphatic rings. The third-order valence-corrected chi connectivity index (χ3v) is 4.38. The van der Waals surface area contributed by atoms with Crippen LogP contribution in [0, 0.1) is 22.7 Å². The molecule has 86 valence electrons. The van der Waals surface area contributed by atoms with E-state index in [9.17, 15) is 0 Å². The summed E-state index contributed by atoms with van der Waals surface area (Å²) in [5.41, 5.74) is 0.330. The standard InChI is InChI=1S/C12H17N3S/c1-12(2,9-4-3-5-9)8-15-11-14-7-10(6-13)16-11/h7,9H,3-5,8H2,1-2H3,(H,14,15). The van der Waals surface area contributed by atoms with Crippen LogP contribution in [-0.2, 0) is 0 Å². The summed E-state index contributed by atoms with van der Waals surface area (Å²) in [6, 6.07) is 2.11. The molecule has 0 amide bonds. The molecule has 1 aromatic heterocycles. The minimum Gasteiger partial charge on any atom is -0.361 e. The minimum absolute atomic E-state index is 0.330. The van der Waals surface area contributed by atoms with Gasteiger partial charge in [0.15, 0.2) is 5.13 Å². The number of nitrogens with one attached hydrogen (secondary N) is 1. The van der Waals surface area contributed by atoms with Crippen molar-refractivity contribution in [2.45, 2.75) is 33.1 Å². The Labute approximate surface area is 101 Å². The fourth-order valence-corrected chi connectivity index (χ4v) is 2.65. The Morgan fingerprint density at radius 3 is 2.88 bits per heavy atom. The van der Waals surface area contributed by atoms with Crippen molar-refractivity contribution in [3.8, 4) is 6.07 Å². The Morgan fingerprint density at radius 1 is 1.62 bits per heavy atom. The minimum atomic E-state index is 0.330. The van der Waals surface area contributed by atoms with Crippen molar-refractivity contribution < 1.29 is 0 Å². The molecule has 3 nitrogen and oxygen atoms in total. The van der Waals surface area contributed by atoms with Gasteiger partial charge in [-0.25, -0.2) is 4.98 Å². The second kappa shape index (κ2) is 4.42. The van der Waals surface area contributed by atoms with E-state index in [0.717, 1.165) is 17.6 Å². The van der Waals surface area contributed by atoms with E-state index in [4.69, 9.17) is 5.26 Å². The molecule has 0 atom stereocenters. The third-order valence-electron chi connectivity index (χ3n) is 3.52. The molecule has 0 spiro atoms. The van der Waals surface area contributed by atoms with Crippen molar-refractivity contribution in [1.29, 1.82) is 5.26 Å². The molecule has 0 bridgehead atoms. The van der Waals surface area contributed by atoms with E-state index in [1.165, 1.54) is 30.6 Å². The Kier molecular flexibility index (Phi) is 3.15. The second-order valence-corrected chi connectivity index (χ2v) is 6.14. The number of thiazole rings is 1. The number of nitrogens with zero attached hydrogens (tertiary/aromatic N) is 2. The lowest BCUT2D eigenvalue weighted by atomic mass is 9.67. The van der Waals surface area contributed by atoms with E-state index in [1.54, 1.807) is 6.20 Å². The van der Waals surface area contributed by atoms with Crippen LogP contribution >= 0.6 is 11.3 Å². The Balaban J connectivity index is 1.89. The molecule has 1 aliphatic carbocycles. The SMILES string of the molecule is CC(C)(CNc1ncc(C#N)s1)C1CCC1. The van der Waals surface area contributed by atoms with E-state index >= 15 is 0 Å². The summed E-state index contributed by atoms with van der Waals surface area (Å²) in [6.07, 6.45) is 5.72. The number of hydrogen-bond donors (Lipinski definition) is 1. The van der Waals surface area contributed by atoms with Gasteiger partial charge in [-0.3, -0.25) is 0 Å². The molecular weight excluding hydrogens is 218 g/mol. The first-order valence-electron chi connectivity index (χ1n) is 5.71. The average Bonchev–Trinajstić information content (AvgIpc) is 2.59. The molecule has 0 aromatic carbocycles. The molecule has 0 radical (unpaired) electrons. The molecule has 1 heterocycles. The van der Waals surface area contributed by atoms with E-state index in [-0.39, 0.29) is 0 Å². The normalized spacial score (nSPS) is 16.6. The largest absolute Gasteiger partial charge is 0.361 e. The lowest BCUT2D eigenvalue weighted by molar-refractivity contribution is 0.134. The molecule has 0 unspecified atom stereocenters. The summed E-state index contributed by atoms with van der Waals surface area (Å²) >= 11 is 1.43. The van der Waals surface area contributed by atoms with E-state index in [1.807, 2.05) is 0 Å². The van der Waals surface area contributed by atoms with Crippen LogP contribution in [0.3, 0.4) is 0 Å². The number of anilines is 1. The summed E-state index contributed by atoms with van der Waals surface area (Å²) in [7, 11) is 0. The van der Waals surface area contributed by atoms with E-state index in [2.05, 4.69) is 30.2 Å². The van der Waals surface area contributed by atoms with Crippen LogP contribution in [0.4, 0.5) is 5.13 Å². The van der Waals surface area contributed by atoms with Gasteiger partial charge in [-0.2, -0.15) is 5.26 Å². The highest BCUT2D eigenvalue weighted by molar-refractivity contribution is 7.16. The molecule has 1 fully saturated rings. The van der Waals surface area contributed by atoms with Gasteiger partial charge in [0.05, 0.1) is 6.20 Å². The summed E-state index contributed by atoms with van der Waals surface area (Å²) in [4.78, 5) is 4.85. The van der Waals surface area contributed by atoms with Crippen LogP contribution in [0.2, 0.25) is 0 Å². The highest BCUT2D eigenvalue weighted by Gasteiger charge is 2.33. The molecule has 0 aliphatic heterocycles. The smallest absolute Gasteiger partial charge is 0.183 e. The molecule has 16 heavy (non-hydrogen) atoms. The maximum Gasteiger partial charge on any atom is 0.183 e. The van der Waals surface area contributed by atoms with Gasteiger partial charge in [-0.05, 0) is 24.2 Å². The van der Waals surface area contributed by atoms with Crippen molar-refractivity contribution >= 4 is 16.5 Å². The van der Waals surface area contributed by atoms with Gasteiger partial charge >= 0.3 is 0 Å². The zero-order chi connectivity index (χ0) is 11.6. The Hall–Kier alpha value is -1.08. The van der Waals surface area contributed by atoms with Crippen molar-refractivity contribution in [3.05, 3.63) is 11.1 Å². The number of hydrogen-bond acceptors (Lipinski definition) is 4. The summed E-state index contributed by atoms with van der Waals surface area (Å²) < 4.78 is 0. The van der Waals surface area contributed by atoms with Crippen molar-refractivity contribution in [3.63, 3.8) is 0 Å². The zero-order valence-electron chi connectivity index (χ0n) is 9.79. The molecule has 0 saturated heterocycles. The van der Waals surface area contributed by atoms with Crippen LogP contribution in [-0.4, -0.2) is 11.5 Å². The molecule has 1 N–H and O–H groups in total. The van der Waals surface area contributed by atoms with Crippen LogP contribution in [0.5, 0.6) is 0 Å².